The Hall–Kier alpha value is -1.56. The van der Waals surface area contributed by atoms with Gasteiger partial charge in [-0.1, -0.05) is 0 Å². The fraction of sp³-hybridized carbons (Fsp3) is 0.692. The highest BCUT2D eigenvalue weighted by molar-refractivity contribution is 5.76. The highest BCUT2D eigenvalue weighted by atomic mass is 16.2. The third-order valence-electron chi connectivity index (χ3n) is 3.51. The predicted molar refractivity (Wildman–Crippen MR) is 75.2 cm³/mol. The van der Waals surface area contributed by atoms with Crippen molar-refractivity contribution in [3.63, 3.8) is 0 Å². The fourth-order valence-corrected chi connectivity index (χ4v) is 2.36. The average Bonchev–Trinajstić information content (AvgIpc) is 2.86. The lowest BCUT2D eigenvalue weighted by Crippen LogP contribution is -2.48. The van der Waals surface area contributed by atoms with E-state index in [9.17, 15) is 4.79 Å². The standard InChI is InChI=1S/C13H23N5O/c1-14-5-3-4-13(19)18-8-6-17(7-9-18)12-10-15-16(2)11-12/h10-11,14H,3-9H2,1-2H3. The van der Waals surface area contributed by atoms with E-state index >= 15 is 0 Å². The molecule has 1 aromatic heterocycles. The summed E-state index contributed by atoms with van der Waals surface area (Å²) in [6, 6.07) is 0. The van der Waals surface area contributed by atoms with Crippen molar-refractivity contribution < 1.29 is 4.79 Å². The predicted octanol–water partition coefficient (Wildman–Crippen LogP) is 0.0683. The Morgan fingerprint density at radius 1 is 1.37 bits per heavy atom. The second-order valence-electron chi connectivity index (χ2n) is 4.95. The second-order valence-corrected chi connectivity index (χ2v) is 4.95. The lowest BCUT2D eigenvalue weighted by molar-refractivity contribution is -0.131. The van der Waals surface area contributed by atoms with Gasteiger partial charge in [-0.3, -0.25) is 9.48 Å². The van der Waals surface area contributed by atoms with E-state index in [1.54, 1.807) is 0 Å². The van der Waals surface area contributed by atoms with E-state index in [-0.39, 0.29) is 5.91 Å². The molecule has 0 aromatic carbocycles. The van der Waals surface area contributed by atoms with Crippen LogP contribution < -0.4 is 10.2 Å². The van der Waals surface area contributed by atoms with Gasteiger partial charge in [0.15, 0.2) is 0 Å². The van der Waals surface area contributed by atoms with Gasteiger partial charge >= 0.3 is 0 Å². The average molecular weight is 265 g/mol. The largest absolute Gasteiger partial charge is 0.365 e. The first-order valence-electron chi connectivity index (χ1n) is 6.86. The van der Waals surface area contributed by atoms with Gasteiger partial charge in [0.2, 0.25) is 5.91 Å². The monoisotopic (exact) mass is 265 g/mol. The Morgan fingerprint density at radius 3 is 2.68 bits per heavy atom. The third-order valence-corrected chi connectivity index (χ3v) is 3.51. The number of anilines is 1. The molecular weight excluding hydrogens is 242 g/mol. The molecule has 1 fully saturated rings. The highest BCUT2D eigenvalue weighted by Crippen LogP contribution is 2.15. The van der Waals surface area contributed by atoms with E-state index < -0.39 is 0 Å². The number of nitrogens with zero attached hydrogens (tertiary/aromatic N) is 4. The number of nitrogens with one attached hydrogen (secondary N) is 1. The Kier molecular flexibility index (Phi) is 4.79. The first-order chi connectivity index (χ1) is 9.20. The lowest BCUT2D eigenvalue weighted by atomic mass is 10.2. The van der Waals surface area contributed by atoms with Gasteiger partial charge in [-0.15, -0.1) is 0 Å². The van der Waals surface area contributed by atoms with Crippen LogP contribution in [0.5, 0.6) is 0 Å². The minimum Gasteiger partial charge on any atom is -0.365 e. The number of hydrogen-bond donors (Lipinski definition) is 1. The SMILES string of the molecule is CNCCCC(=O)N1CCN(c2cnn(C)c2)CC1. The summed E-state index contributed by atoms with van der Waals surface area (Å²) < 4.78 is 1.81. The zero-order chi connectivity index (χ0) is 13.7. The van der Waals surface area contributed by atoms with E-state index in [2.05, 4.69) is 15.3 Å². The molecular formula is C13H23N5O. The number of aromatic nitrogens is 2. The maximum atomic E-state index is 12.0. The van der Waals surface area contributed by atoms with Crippen LogP contribution in [0.2, 0.25) is 0 Å². The van der Waals surface area contributed by atoms with Gasteiger partial charge in [-0.05, 0) is 20.0 Å². The molecule has 1 saturated heterocycles. The highest BCUT2D eigenvalue weighted by Gasteiger charge is 2.21. The molecule has 2 rings (SSSR count). The molecule has 1 N–H and O–H groups in total. The summed E-state index contributed by atoms with van der Waals surface area (Å²) in [4.78, 5) is 16.2. The van der Waals surface area contributed by atoms with Gasteiger partial charge in [0.1, 0.15) is 0 Å². The van der Waals surface area contributed by atoms with E-state index in [1.165, 1.54) is 0 Å². The number of amides is 1. The Balaban J connectivity index is 1.77. The molecule has 0 spiro atoms. The summed E-state index contributed by atoms with van der Waals surface area (Å²) in [7, 11) is 3.84. The molecule has 1 amide bonds. The van der Waals surface area contributed by atoms with Crippen molar-refractivity contribution in [2.75, 3.05) is 44.7 Å². The molecule has 0 atom stereocenters. The molecule has 6 nitrogen and oxygen atoms in total. The van der Waals surface area contributed by atoms with Crippen LogP contribution in [0.1, 0.15) is 12.8 Å². The van der Waals surface area contributed by atoms with Crippen LogP contribution in [0.25, 0.3) is 0 Å². The number of hydrogen-bond acceptors (Lipinski definition) is 4. The smallest absolute Gasteiger partial charge is 0.222 e. The number of piperazine rings is 1. The van der Waals surface area contributed by atoms with Gasteiger partial charge < -0.3 is 15.1 Å². The van der Waals surface area contributed by atoms with Crippen LogP contribution in [0.4, 0.5) is 5.69 Å². The molecule has 106 valence electrons. The number of rotatable bonds is 5. The van der Waals surface area contributed by atoms with E-state index in [0.717, 1.165) is 44.8 Å². The second kappa shape index (κ2) is 6.56. The van der Waals surface area contributed by atoms with Crippen molar-refractivity contribution in [1.82, 2.24) is 20.0 Å². The number of carbonyl (C=O) groups excluding carboxylic acids is 1. The van der Waals surface area contributed by atoms with Crippen molar-refractivity contribution in [2.45, 2.75) is 12.8 Å². The Bertz CT molecular complexity index is 409. The molecule has 1 aliphatic heterocycles. The van der Waals surface area contributed by atoms with Crippen molar-refractivity contribution in [2.24, 2.45) is 7.05 Å². The van der Waals surface area contributed by atoms with Crippen LogP contribution >= 0.6 is 0 Å². The van der Waals surface area contributed by atoms with Crippen molar-refractivity contribution in [3.8, 4) is 0 Å². The molecule has 0 unspecified atom stereocenters. The topological polar surface area (TPSA) is 53.4 Å². The summed E-state index contributed by atoms with van der Waals surface area (Å²) >= 11 is 0. The zero-order valence-electron chi connectivity index (χ0n) is 11.8. The Morgan fingerprint density at radius 2 is 2.11 bits per heavy atom. The quantitative estimate of drug-likeness (QED) is 0.766. The van der Waals surface area contributed by atoms with Crippen molar-refractivity contribution in [3.05, 3.63) is 12.4 Å². The van der Waals surface area contributed by atoms with E-state index in [1.807, 2.05) is 36.1 Å². The molecule has 1 aromatic rings. The van der Waals surface area contributed by atoms with Crippen LogP contribution in [0.15, 0.2) is 12.4 Å². The summed E-state index contributed by atoms with van der Waals surface area (Å²) in [5.74, 6) is 0.279. The summed E-state index contributed by atoms with van der Waals surface area (Å²) in [6.45, 7) is 4.31. The zero-order valence-corrected chi connectivity index (χ0v) is 11.8. The molecule has 1 aliphatic rings. The first kappa shape index (κ1) is 13.9. The maximum absolute atomic E-state index is 12.0. The van der Waals surface area contributed by atoms with Gasteiger partial charge in [0.05, 0.1) is 11.9 Å². The molecule has 2 heterocycles. The molecule has 0 saturated carbocycles. The summed E-state index contributed by atoms with van der Waals surface area (Å²) in [5.41, 5.74) is 1.14. The van der Waals surface area contributed by atoms with Crippen molar-refractivity contribution >= 4 is 11.6 Å². The van der Waals surface area contributed by atoms with Crippen molar-refractivity contribution in [1.29, 1.82) is 0 Å². The normalized spacial score (nSPS) is 15.9. The number of carbonyl (C=O) groups is 1. The first-order valence-corrected chi connectivity index (χ1v) is 6.86. The number of aryl methyl sites for hydroxylation is 1. The van der Waals surface area contributed by atoms with Gasteiger partial charge in [-0.2, -0.15) is 5.10 Å². The molecule has 6 heteroatoms. The van der Waals surface area contributed by atoms with Crippen LogP contribution in [-0.4, -0.2) is 60.4 Å². The van der Waals surface area contributed by atoms with Gasteiger partial charge in [-0.25, -0.2) is 0 Å². The van der Waals surface area contributed by atoms with Crippen LogP contribution in [0.3, 0.4) is 0 Å². The van der Waals surface area contributed by atoms with Crippen LogP contribution in [0, 0.1) is 0 Å². The molecule has 19 heavy (non-hydrogen) atoms. The minimum atomic E-state index is 0.279. The van der Waals surface area contributed by atoms with E-state index in [0.29, 0.717) is 6.42 Å². The summed E-state index contributed by atoms with van der Waals surface area (Å²) in [5, 5.41) is 7.25. The molecule has 0 bridgehead atoms. The summed E-state index contributed by atoms with van der Waals surface area (Å²) in [6.07, 6.45) is 5.46. The van der Waals surface area contributed by atoms with Gasteiger partial charge in [0.25, 0.3) is 0 Å². The lowest BCUT2D eigenvalue weighted by Gasteiger charge is -2.35. The van der Waals surface area contributed by atoms with Crippen LogP contribution in [-0.2, 0) is 11.8 Å². The molecule has 0 radical (unpaired) electrons. The molecule has 0 aliphatic carbocycles. The third kappa shape index (κ3) is 3.70. The van der Waals surface area contributed by atoms with E-state index in [4.69, 9.17) is 0 Å². The Labute approximate surface area is 114 Å². The minimum absolute atomic E-state index is 0.279. The fourth-order valence-electron chi connectivity index (χ4n) is 2.36. The van der Waals surface area contributed by atoms with Gasteiger partial charge in [0, 0.05) is 45.8 Å². The maximum Gasteiger partial charge on any atom is 0.222 e.